The fourth-order valence-corrected chi connectivity index (χ4v) is 13.9. The molecule has 5 aliphatic carbocycles. The predicted octanol–water partition coefficient (Wildman–Crippen LogP) is 14.3. The van der Waals surface area contributed by atoms with Crippen molar-refractivity contribution in [1.82, 2.24) is 0 Å². The second kappa shape index (κ2) is 11.3. The van der Waals surface area contributed by atoms with Gasteiger partial charge in [0.1, 0.15) is 11.5 Å². The highest BCUT2D eigenvalue weighted by Crippen LogP contribution is 2.89. The molecule has 0 amide bonds. The Morgan fingerprint density at radius 3 is 1.96 bits per heavy atom. The van der Waals surface area contributed by atoms with Gasteiger partial charge in [-0.2, -0.15) is 0 Å². The van der Waals surface area contributed by atoms with Crippen molar-refractivity contribution in [2.75, 3.05) is 4.90 Å². The lowest BCUT2D eigenvalue weighted by atomic mass is 9.26. The number of nitrogens with zero attached hydrogens (tertiary/aromatic N) is 1. The molecule has 6 atom stereocenters. The van der Waals surface area contributed by atoms with Gasteiger partial charge in [0.2, 0.25) is 0 Å². The second-order valence-electron chi connectivity index (χ2n) is 19.6. The fraction of sp³-hybridized carbons (Fsp3) is 0.333. The Labute approximate surface area is 332 Å². The van der Waals surface area contributed by atoms with E-state index in [4.69, 9.17) is 4.74 Å². The van der Waals surface area contributed by atoms with Crippen molar-refractivity contribution in [1.29, 1.82) is 0 Å². The third-order valence-electron chi connectivity index (χ3n) is 16.2. The van der Waals surface area contributed by atoms with E-state index in [0.717, 1.165) is 29.8 Å². The highest BCUT2D eigenvalue weighted by Gasteiger charge is 2.84. The van der Waals surface area contributed by atoms with E-state index in [2.05, 4.69) is 172 Å². The summed E-state index contributed by atoms with van der Waals surface area (Å²) in [5, 5.41) is 0. The first kappa shape index (κ1) is 33.1. The van der Waals surface area contributed by atoms with Gasteiger partial charge < -0.3 is 9.64 Å². The highest BCUT2D eigenvalue weighted by atomic mass is 16.5. The van der Waals surface area contributed by atoms with Crippen LogP contribution in [-0.4, -0.2) is 0 Å². The summed E-state index contributed by atoms with van der Waals surface area (Å²) in [5.41, 5.74) is 15.1. The van der Waals surface area contributed by atoms with Gasteiger partial charge in [0.15, 0.2) is 0 Å². The minimum Gasteiger partial charge on any atom is -0.457 e. The highest BCUT2D eigenvalue weighted by molar-refractivity contribution is 5.92. The maximum Gasteiger partial charge on any atom is 0.132 e. The van der Waals surface area contributed by atoms with E-state index in [0.29, 0.717) is 17.3 Å². The minimum absolute atomic E-state index is 0.0123. The largest absolute Gasteiger partial charge is 0.457 e. The molecule has 0 saturated heterocycles. The third-order valence-corrected chi connectivity index (χ3v) is 16.2. The number of ether oxygens (including phenoxy) is 1. The molecular weight excluding hydrogens is 679 g/mol. The average Bonchev–Trinajstić information content (AvgIpc) is 3.76. The number of hydrogen-bond donors (Lipinski definition) is 0. The van der Waals surface area contributed by atoms with Crippen molar-refractivity contribution in [2.45, 2.75) is 82.5 Å². The third kappa shape index (κ3) is 4.18. The first-order chi connectivity index (χ1) is 27.2. The second-order valence-corrected chi connectivity index (χ2v) is 19.6. The molecule has 2 heteroatoms. The first-order valence-electron chi connectivity index (χ1n) is 21.3. The molecule has 2 nitrogen and oxygen atoms in total. The SMILES string of the molecule is CC1(C)CCC(C)(C)c2c(N(c3ccc(-c4ccccc4)cc3)c3cc4c(cc3-c3ccccc3)Oc3ccccc3C43C4CC5CC6CC3C64C5)cccc21. The molecule has 4 fully saturated rings. The van der Waals surface area contributed by atoms with E-state index in [1.807, 2.05) is 0 Å². The van der Waals surface area contributed by atoms with Crippen LogP contribution in [0.5, 0.6) is 11.5 Å². The number of hydrogen-bond acceptors (Lipinski definition) is 2. The van der Waals surface area contributed by atoms with Gasteiger partial charge in [-0.25, -0.2) is 0 Å². The van der Waals surface area contributed by atoms with Gasteiger partial charge in [-0.3, -0.25) is 0 Å². The van der Waals surface area contributed by atoms with Crippen LogP contribution in [0.15, 0.2) is 140 Å². The van der Waals surface area contributed by atoms with Gasteiger partial charge in [-0.1, -0.05) is 131 Å². The molecule has 4 saturated carbocycles. The molecule has 6 aromatic carbocycles. The van der Waals surface area contributed by atoms with Crippen molar-refractivity contribution >= 4 is 17.1 Å². The summed E-state index contributed by atoms with van der Waals surface area (Å²) in [6, 6.07) is 52.6. The van der Waals surface area contributed by atoms with Crippen molar-refractivity contribution in [3.8, 4) is 33.8 Å². The lowest BCUT2D eigenvalue weighted by Crippen LogP contribution is -2.74. The standard InChI is InChI=1S/C54H51NO/c1-51(2)26-27-52(3,4)50-42(51)19-13-20-44(50)55(39-24-22-36(23-25-39)35-14-7-5-8-15-35)45-32-43-47(31-40(45)37-16-9-6-10-17-37)56-46-21-12-11-18-41(46)54(43)48-29-34-28-38-30-49(54)53(38,48)33-34/h5-25,31-32,34,38,48-49H,26-30,33H2,1-4H3. The Kier molecular flexibility index (Phi) is 6.67. The zero-order chi connectivity index (χ0) is 37.6. The zero-order valence-corrected chi connectivity index (χ0v) is 33.2. The number of rotatable bonds is 5. The van der Waals surface area contributed by atoms with Crippen LogP contribution in [0.2, 0.25) is 0 Å². The van der Waals surface area contributed by atoms with Crippen molar-refractivity contribution < 1.29 is 4.74 Å². The van der Waals surface area contributed by atoms with Crippen LogP contribution in [0.4, 0.5) is 17.1 Å². The normalized spacial score (nSPS) is 28.9. The van der Waals surface area contributed by atoms with Crippen LogP contribution in [0.1, 0.15) is 88.5 Å². The maximum absolute atomic E-state index is 7.11. The summed E-state index contributed by atoms with van der Waals surface area (Å²) >= 11 is 0. The lowest BCUT2D eigenvalue weighted by molar-refractivity contribution is -0.235. The van der Waals surface area contributed by atoms with Gasteiger partial charge in [0.05, 0.1) is 11.4 Å². The predicted molar refractivity (Wildman–Crippen MR) is 229 cm³/mol. The molecule has 12 rings (SSSR count). The maximum atomic E-state index is 7.11. The Hall–Kier alpha value is -5.08. The molecule has 6 unspecified atom stereocenters. The monoisotopic (exact) mass is 729 g/mol. The van der Waals surface area contributed by atoms with E-state index in [1.165, 1.54) is 93.7 Å². The Morgan fingerprint density at radius 2 is 1.20 bits per heavy atom. The molecule has 6 aliphatic rings. The van der Waals surface area contributed by atoms with E-state index < -0.39 is 0 Å². The summed E-state index contributed by atoms with van der Waals surface area (Å²) in [5.74, 6) is 5.30. The fourth-order valence-electron chi connectivity index (χ4n) is 13.9. The summed E-state index contributed by atoms with van der Waals surface area (Å²) in [7, 11) is 0. The molecule has 278 valence electrons. The lowest BCUT2D eigenvalue weighted by Gasteiger charge is -2.77. The molecule has 6 aromatic rings. The molecule has 2 spiro atoms. The van der Waals surface area contributed by atoms with E-state index in [-0.39, 0.29) is 16.2 Å². The van der Waals surface area contributed by atoms with Crippen LogP contribution in [-0.2, 0) is 16.2 Å². The minimum atomic E-state index is -0.0139. The molecule has 1 aliphatic heterocycles. The molecule has 0 N–H and O–H groups in total. The summed E-state index contributed by atoms with van der Waals surface area (Å²) < 4.78 is 7.11. The summed E-state index contributed by atoms with van der Waals surface area (Å²) in [6.07, 6.45) is 7.96. The number of anilines is 3. The van der Waals surface area contributed by atoms with E-state index in [1.54, 1.807) is 0 Å². The molecular formula is C54H51NO. The van der Waals surface area contributed by atoms with Gasteiger partial charge in [0.25, 0.3) is 0 Å². The van der Waals surface area contributed by atoms with Gasteiger partial charge in [-0.05, 0) is 143 Å². The number of para-hydroxylation sites is 1. The van der Waals surface area contributed by atoms with E-state index in [9.17, 15) is 0 Å². The van der Waals surface area contributed by atoms with Gasteiger partial charge in [-0.15, -0.1) is 0 Å². The van der Waals surface area contributed by atoms with Crippen molar-refractivity contribution in [3.63, 3.8) is 0 Å². The van der Waals surface area contributed by atoms with Gasteiger partial charge >= 0.3 is 0 Å². The molecule has 2 bridgehead atoms. The first-order valence-corrected chi connectivity index (χ1v) is 21.3. The number of fused-ring (bicyclic) bond motifs is 8. The summed E-state index contributed by atoms with van der Waals surface area (Å²) in [6.45, 7) is 9.85. The smallest absolute Gasteiger partial charge is 0.132 e. The topological polar surface area (TPSA) is 12.5 Å². The Morgan fingerprint density at radius 1 is 0.536 bits per heavy atom. The van der Waals surface area contributed by atoms with Crippen LogP contribution in [0.25, 0.3) is 22.3 Å². The average molecular weight is 730 g/mol. The van der Waals surface area contributed by atoms with Crippen molar-refractivity contribution in [2.24, 2.45) is 29.1 Å². The van der Waals surface area contributed by atoms with Crippen LogP contribution in [0.3, 0.4) is 0 Å². The Balaban J connectivity index is 1.15. The molecule has 56 heavy (non-hydrogen) atoms. The quantitative estimate of drug-likeness (QED) is 0.175. The van der Waals surface area contributed by atoms with Crippen molar-refractivity contribution in [3.05, 3.63) is 162 Å². The molecule has 0 aromatic heterocycles. The summed E-state index contributed by atoms with van der Waals surface area (Å²) in [4.78, 5) is 2.65. The van der Waals surface area contributed by atoms with Crippen LogP contribution >= 0.6 is 0 Å². The molecule has 0 radical (unpaired) electrons. The van der Waals surface area contributed by atoms with Crippen LogP contribution in [0, 0.1) is 29.1 Å². The van der Waals surface area contributed by atoms with Crippen LogP contribution < -0.4 is 9.64 Å². The number of benzene rings is 6. The van der Waals surface area contributed by atoms with Gasteiger partial charge in [0, 0.05) is 27.8 Å². The molecule has 1 heterocycles. The Bertz CT molecular complexity index is 2550. The zero-order valence-electron chi connectivity index (χ0n) is 33.2. The van der Waals surface area contributed by atoms with E-state index >= 15 is 0 Å².